The molecule has 186 valence electrons. The molecule has 8 nitrogen and oxygen atoms in total. The Hall–Kier alpha value is -3.39. The lowest BCUT2D eigenvalue weighted by Gasteiger charge is -2.35. The van der Waals surface area contributed by atoms with E-state index in [0.717, 1.165) is 41.4 Å². The standard InChI is InChI=1S/C27H34N4O4/c1-20-9-10-23(35-3)22(17-20)18-29-13-15-30(16-14-29)24(32)19-31-25(33)27(2,28-26(31)34)12-11-21-7-5-4-6-8-21/h4-10,17H,11-16,18-19H2,1-3H3,(H,28,34). The van der Waals surface area contributed by atoms with Crippen molar-refractivity contribution >= 4 is 17.8 Å². The van der Waals surface area contributed by atoms with Gasteiger partial charge in [0.25, 0.3) is 5.91 Å². The molecule has 2 saturated heterocycles. The van der Waals surface area contributed by atoms with Crippen LogP contribution in [-0.4, -0.2) is 77.9 Å². The molecule has 1 atom stereocenters. The molecule has 0 bridgehead atoms. The molecule has 4 rings (SSSR count). The Morgan fingerprint density at radius 2 is 1.77 bits per heavy atom. The van der Waals surface area contributed by atoms with Crippen molar-refractivity contribution in [2.24, 2.45) is 0 Å². The van der Waals surface area contributed by atoms with Gasteiger partial charge in [-0.25, -0.2) is 4.79 Å². The number of amides is 4. The van der Waals surface area contributed by atoms with E-state index < -0.39 is 11.6 Å². The third-order valence-electron chi connectivity index (χ3n) is 6.95. The smallest absolute Gasteiger partial charge is 0.325 e. The Morgan fingerprint density at radius 1 is 1.06 bits per heavy atom. The van der Waals surface area contributed by atoms with Gasteiger partial charge in [0.1, 0.15) is 17.8 Å². The molecule has 1 unspecified atom stereocenters. The first kappa shape index (κ1) is 24.7. The summed E-state index contributed by atoms with van der Waals surface area (Å²) >= 11 is 0. The summed E-state index contributed by atoms with van der Waals surface area (Å²) in [7, 11) is 1.67. The summed E-state index contributed by atoms with van der Waals surface area (Å²) in [6.45, 7) is 6.87. The quantitative estimate of drug-likeness (QED) is 0.590. The summed E-state index contributed by atoms with van der Waals surface area (Å²) in [6.07, 6.45) is 1.15. The zero-order chi connectivity index (χ0) is 25.0. The molecule has 4 amide bonds. The minimum Gasteiger partial charge on any atom is -0.496 e. The van der Waals surface area contributed by atoms with Crippen LogP contribution < -0.4 is 10.1 Å². The molecule has 2 aliphatic heterocycles. The van der Waals surface area contributed by atoms with E-state index in [9.17, 15) is 14.4 Å². The van der Waals surface area contributed by atoms with Crippen LogP contribution >= 0.6 is 0 Å². The molecule has 2 aliphatic rings. The predicted molar refractivity (Wildman–Crippen MR) is 133 cm³/mol. The summed E-state index contributed by atoms with van der Waals surface area (Å²) in [4.78, 5) is 43.7. The second kappa shape index (κ2) is 10.5. The number of carbonyl (C=O) groups is 3. The minimum atomic E-state index is -1.00. The van der Waals surface area contributed by atoms with Crippen LogP contribution in [0.15, 0.2) is 48.5 Å². The van der Waals surface area contributed by atoms with Crippen LogP contribution in [0.25, 0.3) is 0 Å². The number of aryl methyl sites for hydroxylation is 2. The zero-order valence-corrected chi connectivity index (χ0v) is 20.8. The first-order valence-electron chi connectivity index (χ1n) is 12.1. The number of ether oxygens (including phenoxy) is 1. The number of nitrogens with zero attached hydrogens (tertiary/aromatic N) is 3. The fourth-order valence-electron chi connectivity index (χ4n) is 4.76. The van der Waals surface area contributed by atoms with Gasteiger partial charge in [-0.15, -0.1) is 0 Å². The van der Waals surface area contributed by atoms with Crippen molar-refractivity contribution in [3.8, 4) is 5.75 Å². The highest BCUT2D eigenvalue weighted by molar-refractivity contribution is 6.08. The monoisotopic (exact) mass is 478 g/mol. The molecule has 2 aromatic rings. The Kier molecular flexibility index (Phi) is 7.40. The van der Waals surface area contributed by atoms with E-state index in [1.165, 1.54) is 5.56 Å². The second-order valence-corrected chi connectivity index (χ2v) is 9.61. The lowest BCUT2D eigenvalue weighted by atomic mass is 9.93. The lowest BCUT2D eigenvalue weighted by Crippen LogP contribution is -2.52. The van der Waals surface area contributed by atoms with Gasteiger partial charge in [-0.05, 0) is 38.3 Å². The number of imide groups is 1. The van der Waals surface area contributed by atoms with Crippen LogP contribution in [0.3, 0.4) is 0 Å². The largest absolute Gasteiger partial charge is 0.496 e. The topological polar surface area (TPSA) is 82.2 Å². The van der Waals surface area contributed by atoms with E-state index in [0.29, 0.717) is 25.9 Å². The van der Waals surface area contributed by atoms with Gasteiger partial charge in [0.15, 0.2) is 0 Å². The number of hydrogen-bond donors (Lipinski definition) is 1. The number of methoxy groups -OCH3 is 1. The molecule has 0 aromatic heterocycles. The SMILES string of the molecule is COc1ccc(C)cc1CN1CCN(C(=O)CN2C(=O)NC(C)(CCc3ccccc3)C2=O)CC1. The van der Waals surface area contributed by atoms with Gasteiger partial charge >= 0.3 is 6.03 Å². The highest BCUT2D eigenvalue weighted by Gasteiger charge is 2.48. The van der Waals surface area contributed by atoms with Crippen molar-refractivity contribution in [3.63, 3.8) is 0 Å². The maximum absolute atomic E-state index is 13.1. The van der Waals surface area contributed by atoms with Gasteiger partial charge in [0.2, 0.25) is 5.91 Å². The Balaban J connectivity index is 1.29. The van der Waals surface area contributed by atoms with Gasteiger partial charge in [0, 0.05) is 38.3 Å². The summed E-state index contributed by atoms with van der Waals surface area (Å²) in [5.74, 6) is 0.327. The van der Waals surface area contributed by atoms with Crippen molar-refractivity contribution in [2.75, 3.05) is 39.8 Å². The molecule has 35 heavy (non-hydrogen) atoms. The number of nitrogens with one attached hydrogen (secondary N) is 1. The minimum absolute atomic E-state index is 0.200. The van der Waals surface area contributed by atoms with E-state index in [1.54, 1.807) is 18.9 Å². The van der Waals surface area contributed by atoms with Crippen LogP contribution in [0.1, 0.15) is 30.0 Å². The molecular formula is C27H34N4O4. The third-order valence-corrected chi connectivity index (χ3v) is 6.95. The number of piperazine rings is 1. The Morgan fingerprint density at radius 3 is 2.46 bits per heavy atom. The molecule has 2 aromatic carbocycles. The van der Waals surface area contributed by atoms with Gasteiger partial charge < -0.3 is 15.0 Å². The first-order chi connectivity index (χ1) is 16.8. The van der Waals surface area contributed by atoms with E-state index in [1.807, 2.05) is 42.5 Å². The Bertz CT molecular complexity index is 1080. The van der Waals surface area contributed by atoms with E-state index in [4.69, 9.17) is 4.74 Å². The molecule has 0 aliphatic carbocycles. The fourth-order valence-corrected chi connectivity index (χ4v) is 4.76. The predicted octanol–water partition coefficient (Wildman–Crippen LogP) is 2.59. The highest BCUT2D eigenvalue weighted by Crippen LogP contribution is 2.24. The molecule has 1 N–H and O–H groups in total. The van der Waals surface area contributed by atoms with Crippen molar-refractivity contribution in [1.29, 1.82) is 0 Å². The van der Waals surface area contributed by atoms with Crippen LogP contribution in [0.5, 0.6) is 5.75 Å². The van der Waals surface area contributed by atoms with Crippen molar-refractivity contribution in [3.05, 3.63) is 65.2 Å². The molecule has 0 radical (unpaired) electrons. The molecule has 2 heterocycles. The van der Waals surface area contributed by atoms with E-state index in [2.05, 4.69) is 23.2 Å². The third kappa shape index (κ3) is 5.65. The van der Waals surface area contributed by atoms with Crippen LogP contribution in [0.2, 0.25) is 0 Å². The molecule has 2 fully saturated rings. The van der Waals surface area contributed by atoms with Crippen LogP contribution in [0.4, 0.5) is 4.79 Å². The number of urea groups is 1. The van der Waals surface area contributed by atoms with Gasteiger partial charge in [-0.2, -0.15) is 0 Å². The fraction of sp³-hybridized carbons (Fsp3) is 0.444. The zero-order valence-electron chi connectivity index (χ0n) is 20.8. The molecule has 0 saturated carbocycles. The second-order valence-electron chi connectivity index (χ2n) is 9.61. The first-order valence-corrected chi connectivity index (χ1v) is 12.1. The van der Waals surface area contributed by atoms with Crippen molar-refractivity contribution in [1.82, 2.24) is 20.0 Å². The molecule has 0 spiro atoms. The van der Waals surface area contributed by atoms with E-state index in [-0.39, 0.29) is 18.4 Å². The maximum Gasteiger partial charge on any atom is 0.325 e. The number of rotatable bonds is 8. The summed E-state index contributed by atoms with van der Waals surface area (Å²) in [6, 6.07) is 15.5. The van der Waals surface area contributed by atoms with Crippen LogP contribution in [0, 0.1) is 6.92 Å². The van der Waals surface area contributed by atoms with Crippen LogP contribution in [-0.2, 0) is 22.6 Å². The number of hydrogen-bond acceptors (Lipinski definition) is 5. The van der Waals surface area contributed by atoms with Gasteiger partial charge in [-0.1, -0.05) is 48.0 Å². The van der Waals surface area contributed by atoms with Crippen molar-refractivity contribution in [2.45, 2.75) is 38.8 Å². The summed E-state index contributed by atoms with van der Waals surface area (Å²) in [5, 5.41) is 2.80. The number of carbonyl (C=O) groups excluding carboxylic acids is 3. The number of benzene rings is 2. The molecule has 8 heteroatoms. The maximum atomic E-state index is 13.1. The summed E-state index contributed by atoms with van der Waals surface area (Å²) in [5.41, 5.74) is 2.41. The normalized spacial score (nSPS) is 20.8. The average molecular weight is 479 g/mol. The highest BCUT2D eigenvalue weighted by atomic mass is 16.5. The Labute approximate surface area is 206 Å². The average Bonchev–Trinajstić information content (AvgIpc) is 3.07. The molecular weight excluding hydrogens is 444 g/mol. The lowest BCUT2D eigenvalue weighted by molar-refractivity contribution is -0.139. The van der Waals surface area contributed by atoms with Gasteiger partial charge in [0.05, 0.1) is 7.11 Å². The van der Waals surface area contributed by atoms with Gasteiger partial charge in [-0.3, -0.25) is 19.4 Å². The summed E-state index contributed by atoms with van der Waals surface area (Å²) < 4.78 is 5.49. The van der Waals surface area contributed by atoms with E-state index >= 15 is 0 Å². The van der Waals surface area contributed by atoms with Crippen molar-refractivity contribution < 1.29 is 19.1 Å².